The summed E-state index contributed by atoms with van der Waals surface area (Å²) in [5.41, 5.74) is 1.91. The molecule has 0 unspecified atom stereocenters. The largest absolute Gasteiger partial charge is 0.379 e. The lowest BCUT2D eigenvalue weighted by atomic mass is 10.3. The van der Waals surface area contributed by atoms with Crippen LogP contribution in [0.3, 0.4) is 0 Å². The average molecular weight is 269 g/mol. The zero-order chi connectivity index (χ0) is 13.9. The van der Waals surface area contributed by atoms with Crippen LogP contribution >= 0.6 is 0 Å². The molecular formula is C15H12FN3O. The lowest BCUT2D eigenvalue weighted by molar-refractivity contribution is 0.628. The molecule has 0 aliphatic rings. The molecule has 0 spiro atoms. The van der Waals surface area contributed by atoms with Crippen molar-refractivity contribution in [3.63, 3.8) is 0 Å². The lowest BCUT2D eigenvalue weighted by Gasteiger charge is -2.07. The van der Waals surface area contributed by atoms with Crippen LogP contribution in [0.1, 0.15) is 5.69 Å². The number of pyridine rings is 1. The van der Waals surface area contributed by atoms with E-state index in [1.807, 2.05) is 6.07 Å². The molecule has 0 aliphatic heterocycles. The monoisotopic (exact) mass is 269 g/mol. The van der Waals surface area contributed by atoms with E-state index in [9.17, 15) is 9.18 Å². The van der Waals surface area contributed by atoms with Gasteiger partial charge in [0, 0.05) is 18.0 Å². The third-order valence-electron chi connectivity index (χ3n) is 2.94. The second kappa shape index (κ2) is 5.13. The first-order valence-corrected chi connectivity index (χ1v) is 6.19. The van der Waals surface area contributed by atoms with Gasteiger partial charge in [0.05, 0.1) is 12.2 Å². The Morgan fingerprint density at radius 1 is 1.15 bits per heavy atom. The second-order valence-corrected chi connectivity index (χ2v) is 4.38. The molecule has 0 fully saturated rings. The van der Waals surface area contributed by atoms with Crippen LogP contribution in [0.5, 0.6) is 0 Å². The quantitative estimate of drug-likeness (QED) is 0.794. The molecule has 100 valence electrons. The fourth-order valence-corrected chi connectivity index (χ4v) is 1.95. The molecule has 1 aromatic carbocycles. The molecule has 0 bridgehead atoms. The number of nitrogens with one attached hydrogen (secondary N) is 1. The van der Waals surface area contributed by atoms with Gasteiger partial charge in [-0.15, -0.1) is 0 Å². The number of nitrogens with zero attached hydrogens (tertiary/aromatic N) is 2. The minimum Gasteiger partial charge on any atom is -0.379 e. The molecule has 0 atom stereocenters. The maximum absolute atomic E-state index is 12.8. The first-order valence-electron chi connectivity index (χ1n) is 6.19. The lowest BCUT2D eigenvalue weighted by Crippen LogP contribution is -2.16. The smallest absolute Gasteiger partial charge is 0.258 e. The van der Waals surface area contributed by atoms with E-state index >= 15 is 0 Å². The predicted octanol–water partition coefficient (Wildman–Crippen LogP) is 2.45. The van der Waals surface area contributed by atoms with Crippen molar-refractivity contribution >= 4 is 11.3 Å². The van der Waals surface area contributed by atoms with E-state index in [0.717, 1.165) is 5.69 Å². The molecule has 3 aromatic rings. The maximum atomic E-state index is 12.8. The highest BCUT2D eigenvalue weighted by atomic mass is 19.1. The minimum atomic E-state index is -0.280. The van der Waals surface area contributed by atoms with E-state index in [4.69, 9.17) is 0 Å². The Morgan fingerprint density at radius 3 is 2.75 bits per heavy atom. The van der Waals surface area contributed by atoms with Crippen LogP contribution in [0.15, 0.2) is 59.5 Å². The Hall–Kier alpha value is -2.69. The van der Waals surface area contributed by atoms with Gasteiger partial charge in [0.25, 0.3) is 5.56 Å². The summed E-state index contributed by atoms with van der Waals surface area (Å²) in [6, 6.07) is 12.9. The van der Waals surface area contributed by atoms with Gasteiger partial charge in [-0.2, -0.15) is 0 Å². The van der Waals surface area contributed by atoms with Crippen molar-refractivity contribution in [3.05, 3.63) is 76.6 Å². The topological polar surface area (TPSA) is 46.4 Å². The van der Waals surface area contributed by atoms with Crippen LogP contribution in [-0.4, -0.2) is 9.38 Å². The summed E-state index contributed by atoms with van der Waals surface area (Å²) in [7, 11) is 0. The van der Waals surface area contributed by atoms with Crippen molar-refractivity contribution in [1.29, 1.82) is 0 Å². The van der Waals surface area contributed by atoms with Crippen molar-refractivity contribution in [2.45, 2.75) is 6.54 Å². The van der Waals surface area contributed by atoms with Gasteiger partial charge in [-0.1, -0.05) is 6.07 Å². The fraction of sp³-hybridized carbons (Fsp3) is 0.0667. The molecule has 5 heteroatoms. The van der Waals surface area contributed by atoms with Crippen LogP contribution < -0.4 is 10.9 Å². The number of fused-ring (bicyclic) bond motifs is 1. The summed E-state index contributed by atoms with van der Waals surface area (Å²) in [5, 5.41) is 3.10. The van der Waals surface area contributed by atoms with Crippen molar-refractivity contribution in [2.75, 3.05) is 5.32 Å². The van der Waals surface area contributed by atoms with Crippen LogP contribution in [0.2, 0.25) is 0 Å². The first-order chi connectivity index (χ1) is 9.72. The molecule has 3 rings (SSSR count). The number of rotatable bonds is 3. The van der Waals surface area contributed by atoms with Gasteiger partial charge in [0.2, 0.25) is 0 Å². The van der Waals surface area contributed by atoms with Crippen LogP contribution in [0.25, 0.3) is 5.65 Å². The predicted molar refractivity (Wildman–Crippen MR) is 75.2 cm³/mol. The van der Waals surface area contributed by atoms with Gasteiger partial charge in [0.15, 0.2) is 0 Å². The van der Waals surface area contributed by atoms with Crippen molar-refractivity contribution < 1.29 is 4.39 Å². The Kier molecular flexibility index (Phi) is 3.16. The number of hydrogen-bond donors (Lipinski definition) is 1. The summed E-state index contributed by atoms with van der Waals surface area (Å²) in [6.07, 6.45) is 1.68. The number of anilines is 1. The normalized spacial score (nSPS) is 10.7. The molecule has 0 amide bonds. The molecule has 0 saturated heterocycles. The summed E-state index contributed by atoms with van der Waals surface area (Å²) in [6.45, 7) is 0.409. The Morgan fingerprint density at radius 2 is 1.95 bits per heavy atom. The second-order valence-electron chi connectivity index (χ2n) is 4.38. The van der Waals surface area contributed by atoms with Crippen molar-refractivity contribution in [3.8, 4) is 0 Å². The zero-order valence-electron chi connectivity index (χ0n) is 10.6. The highest BCUT2D eigenvalue weighted by Crippen LogP contribution is 2.09. The van der Waals surface area contributed by atoms with Gasteiger partial charge in [-0.3, -0.25) is 9.20 Å². The Bertz CT molecular complexity index is 796. The Balaban J connectivity index is 1.84. The molecule has 0 aliphatic carbocycles. The first kappa shape index (κ1) is 12.3. The molecule has 0 radical (unpaired) electrons. The zero-order valence-corrected chi connectivity index (χ0v) is 10.6. The average Bonchev–Trinajstić information content (AvgIpc) is 2.47. The molecular weight excluding hydrogens is 257 g/mol. The summed E-state index contributed by atoms with van der Waals surface area (Å²) >= 11 is 0. The van der Waals surface area contributed by atoms with Gasteiger partial charge in [-0.05, 0) is 36.4 Å². The molecule has 2 aromatic heterocycles. The standard InChI is InChI=1S/C15H12FN3O/c16-11-4-6-12(7-5-11)17-10-13-9-15(20)19-8-2-1-3-14(19)18-13/h1-9,17H,10H2. The van der Waals surface area contributed by atoms with Gasteiger partial charge in [-0.25, -0.2) is 9.37 Å². The summed E-state index contributed by atoms with van der Waals surface area (Å²) in [5.74, 6) is -0.280. The number of benzene rings is 1. The molecule has 1 N–H and O–H groups in total. The number of hydrogen-bond acceptors (Lipinski definition) is 3. The maximum Gasteiger partial charge on any atom is 0.258 e. The molecule has 2 heterocycles. The molecule has 0 saturated carbocycles. The van der Waals surface area contributed by atoms with Gasteiger partial charge >= 0.3 is 0 Å². The van der Waals surface area contributed by atoms with E-state index in [0.29, 0.717) is 17.9 Å². The van der Waals surface area contributed by atoms with E-state index < -0.39 is 0 Å². The van der Waals surface area contributed by atoms with Crippen LogP contribution in [-0.2, 0) is 6.54 Å². The Labute approximate surface area is 114 Å². The van der Waals surface area contributed by atoms with E-state index in [1.54, 1.807) is 30.5 Å². The van der Waals surface area contributed by atoms with Crippen LogP contribution in [0, 0.1) is 5.82 Å². The van der Waals surface area contributed by atoms with Gasteiger partial charge in [0.1, 0.15) is 11.5 Å². The van der Waals surface area contributed by atoms with Gasteiger partial charge < -0.3 is 5.32 Å². The van der Waals surface area contributed by atoms with Crippen molar-refractivity contribution in [2.24, 2.45) is 0 Å². The van der Waals surface area contributed by atoms with E-state index in [1.165, 1.54) is 22.6 Å². The minimum absolute atomic E-state index is 0.119. The van der Waals surface area contributed by atoms with E-state index in [2.05, 4.69) is 10.3 Å². The summed E-state index contributed by atoms with van der Waals surface area (Å²) < 4.78 is 14.3. The third kappa shape index (κ3) is 2.51. The summed E-state index contributed by atoms with van der Waals surface area (Å²) in [4.78, 5) is 16.3. The molecule has 20 heavy (non-hydrogen) atoms. The van der Waals surface area contributed by atoms with E-state index in [-0.39, 0.29) is 11.4 Å². The van der Waals surface area contributed by atoms with Crippen molar-refractivity contribution in [1.82, 2.24) is 9.38 Å². The molecule has 4 nitrogen and oxygen atoms in total. The number of aromatic nitrogens is 2. The van der Waals surface area contributed by atoms with Crippen LogP contribution in [0.4, 0.5) is 10.1 Å². The highest BCUT2D eigenvalue weighted by Gasteiger charge is 2.01. The number of halogens is 1. The SMILES string of the molecule is O=c1cc(CNc2ccc(F)cc2)nc2ccccn12. The highest BCUT2D eigenvalue weighted by molar-refractivity contribution is 5.44. The fourth-order valence-electron chi connectivity index (χ4n) is 1.95. The third-order valence-corrected chi connectivity index (χ3v) is 2.94.